The molecule has 2 nitrogen and oxygen atoms in total. The summed E-state index contributed by atoms with van der Waals surface area (Å²) in [6, 6.07) is 6.90. The van der Waals surface area contributed by atoms with E-state index in [0.717, 1.165) is 0 Å². The van der Waals surface area contributed by atoms with E-state index in [-0.39, 0.29) is 6.61 Å². The highest BCUT2D eigenvalue weighted by atomic mass is 35.5. The molecule has 0 unspecified atom stereocenters. The molecule has 0 bridgehead atoms. The lowest BCUT2D eigenvalue weighted by Crippen LogP contribution is -2.02. The maximum atomic E-state index is 9.18. The van der Waals surface area contributed by atoms with E-state index < -0.39 is 6.10 Å². The smallest absolute Gasteiger partial charge is 0.103 e. The van der Waals surface area contributed by atoms with Gasteiger partial charge in [0.2, 0.25) is 0 Å². The van der Waals surface area contributed by atoms with Crippen LogP contribution in [0.2, 0.25) is 5.02 Å². The number of benzene rings is 1. The number of aliphatic hydroxyl groups excluding tert-OH is 2. The molecule has 11 heavy (non-hydrogen) atoms. The van der Waals surface area contributed by atoms with Crippen LogP contribution in [0.3, 0.4) is 0 Å². The van der Waals surface area contributed by atoms with Crippen molar-refractivity contribution in [2.45, 2.75) is 6.10 Å². The van der Waals surface area contributed by atoms with Crippen LogP contribution in [0.4, 0.5) is 0 Å². The molecule has 0 aliphatic carbocycles. The van der Waals surface area contributed by atoms with Crippen molar-refractivity contribution in [2.24, 2.45) is 0 Å². The van der Waals surface area contributed by atoms with Crippen molar-refractivity contribution in [1.82, 2.24) is 0 Å². The normalized spacial score (nSPS) is 13.0. The minimum Gasteiger partial charge on any atom is -0.393 e. The van der Waals surface area contributed by atoms with E-state index in [1.807, 2.05) is 0 Å². The van der Waals surface area contributed by atoms with Gasteiger partial charge in [-0.2, -0.15) is 0 Å². The van der Waals surface area contributed by atoms with Crippen LogP contribution in [0, 0.1) is 0 Å². The highest BCUT2D eigenvalue weighted by Crippen LogP contribution is 2.21. The zero-order valence-corrected chi connectivity index (χ0v) is 6.62. The Hall–Kier alpha value is -0.570. The van der Waals surface area contributed by atoms with Gasteiger partial charge in [0.05, 0.1) is 6.61 Å². The molecule has 1 aromatic rings. The second-order valence-electron chi connectivity index (χ2n) is 2.22. The summed E-state index contributed by atoms with van der Waals surface area (Å²) >= 11 is 5.73. The average molecular weight is 173 g/mol. The molecule has 0 radical (unpaired) electrons. The van der Waals surface area contributed by atoms with Crippen LogP contribution in [0.5, 0.6) is 0 Å². The Labute approximate surface area is 70.1 Å². The fourth-order valence-electron chi connectivity index (χ4n) is 0.844. The lowest BCUT2D eigenvalue weighted by atomic mass is 10.1. The predicted octanol–water partition coefficient (Wildman–Crippen LogP) is 1.37. The number of halogens is 1. The molecule has 0 aliphatic rings. The first-order valence-electron chi connectivity index (χ1n) is 3.29. The van der Waals surface area contributed by atoms with Gasteiger partial charge in [0, 0.05) is 10.6 Å². The quantitative estimate of drug-likeness (QED) is 0.708. The van der Waals surface area contributed by atoms with Crippen molar-refractivity contribution in [1.29, 1.82) is 0 Å². The molecule has 0 saturated carbocycles. The highest BCUT2D eigenvalue weighted by Gasteiger charge is 2.08. The van der Waals surface area contributed by atoms with Crippen LogP contribution in [0.1, 0.15) is 11.7 Å². The third kappa shape index (κ3) is 1.93. The zero-order chi connectivity index (χ0) is 8.27. The Bertz CT molecular complexity index is 237. The topological polar surface area (TPSA) is 40.5 Å². The average Bonchev–Trinajstić information content (AvgIpc) is 2.04. The molecule has 1 aromatic carbocycles. The van der Waals surface area contributed by atoms with Crippen molar-refractivity contribution >= 4 is 11.6 Å². The van der Waals surface area contributed by atoms with Gasteiger partial charge in [0.1, 0.15) is 6.10 Å². The molecule has 0 aliphatic heterocycles. The molecule has 0 spiro atoms. The number of aliphatic hydroxyl groups is 2. The van der Waals surface area contributed by atoms with Gasteiger partial charge in [0.15, 0.2) is 0 Å². The molecule has 1 rings (SSSR count). The largest absolute Gasteiger partial charge is 0.393 e. The van der Waals surface area contributed by atoms with Gasteiger partial charge in [-0.3, -0.25) is 0 Å². The first-order chi connectivity index (χ1) is 5.25. The van der Waals surface area contributed by atoms with Gasteiger partial charge >= 0.3 is 0 Å². The lowest BCUT2D eigenvalue weighted by Gasteiger charge is -2.08. The Morgan fingerprint density at radius 2 is 2.00 bits per heavy atom. The fourth-order valence-corrected chi connectivity index (χ4v) is 1.11. The van der Waals surface area contributed by atoms with Gasteiger partial charge in [0.25, 0.3) is 0 Å². The molecule has 1 atom stereocenters. The van der Waals surface area contributed by atoms with Gasteiger partial charge < -0.3 is 10.2 Å². The van der Waals surface area contributed by atoms with E-state index >= 15 is 0 Å². The van der Waals surface area contributed by atoms with E-state index in [1.54, 1.807) is 24.3 Å². The molecule has 60 valence electrons. The summed E-state index contributed by atoms with van der Waals surface area (Å²) in [4.78, 5) is 0. The summed E-state index contributed by atoms with van der Waals surface area (Å²) in [5, 5.41) is 18.3. The van der Waals surface area contributed by atoms with Gasteiger partial charge in [-0.15, -0.1) is 0 Å². The first kappa shape index (κ1) is 8.53. The second kappa shape index (κ2) is 3.72. The molecule has 0 saturated heterocycles. The van der Waals surface area contributed by atoms with Crippen LogP contribution < -0.4 is 0 Å². The van der Waals surface area contributed by atoms with Crippen molar-refractivity contribution < 1.29 is 10.2 Å². The van der Waals surface area contributed by atoms with Gasteiger partial charge in [-0.25, -0.2) is 0 Å². The van der Waals surface area contributed by atoms with Crippen LogP contribution in [0.15, 0.2) is 24.3 Å². The van der Waals surface area contributed by atoms with E-state index in [1.165, 1.54) is 0 Å². The summed E-state index contributed by atoms with van der Waals surface area (Å²) in [6.07, 6.45) is -0.872. The maximum absolute atomic E-state index is 9.18. The van der Waals surface area contributed by atoms with E-state index in [0.29, 0.717) is 10.6 Å². The predicted molar refractivity (Wildman–Crippen MR) is 43.5 cm³/mol. The SMILES string of the molecule is OC[C@@H](O)c1ccccc1Cl. The third-order valence-electron chi connectivity index (χ3n) is 1.44. The second-order valence-corrected chi connectivity index (χ2v) is 2.63. The molecule has 3 heteroatoms. The van der Waals surface area contributed by atoms with E-state index in [2.05, 4.69) is 0 Å². The summed E-state index contributed by atoms with van der Waals surface area (Å²) in [5.74, 6) is 0. The molecule has 0 fully saturated rings. The monoisotopic (exact) mass is 172 g/mol. The summed E-state index contributed by atoms with van der Waals surface area (Å²) < 4.78 is 0. The minimum absolute atomic E-state index is 0.302. The van der Waals surface area contributed by atoms with Gasteiger partial charge in [-0.1, -0.05) is 29.8 Å². The van der Waals surface area contributed by atoms with E-state index in [9.17, 15) is 5.11 Å². The Kier molecular flexibility index (Phi) is 2.88. The third-order valence-corrected chi connectivity index (χ3v) is 1.78. The lowest BCUT2D eigenvalue weighted by molar-refractivity contribution is 0.0957. The molecule has 0 aromatic heterocycles. The number of rotatable bonds is 2. The van der Waals surface area contributed by atoms with Crippen LogP contribution in [-0.4, -0.2) is 16.8 Å². The highest BCUT2D eigenvalue weighted by molar-refractivity contribution is 6.31. The van der Waals surface area contributed by atoms with Crippen LogP contribution in [-0.2, 0) is 0 Å². The Balaban J connectivity index is 2.93. The maximum Gasteiger partial charge on any atom is 0.103 e. The van der Waals surface area contributed by atoms with Crippen molar-refractivity contribution in [2.75, 3.05) is 6.61 Å². The minimum atomic E-state index is -0.872. The van der Waals surface area contributed by atoms with Crippen LogP contribution in [0.25, 0.3) is 0 Å². The summed E-state index contributed by atoms with van der Waals surface area (Å²) in [7, 11) is 0. The van der Waals surface area contributed by atoms with Crippen molar-refractivity contribution in [3.63, 3.8) is 0 Å². The fraction of sp³-hybridized carbons (Fsp3) is 0.250. The molecular weight excluding hydrogens is 164 g/mol. The molecular formula is C8H9ClO2. The summed E-state index contributed by atoms with van der Waals surface area (Å²) in [6.45, 7) is -0.302. The first-order valence-corrected chi connectivity index (χ1v) is 3.67. The van der Waals surface area contributed by atoms with Crippen molar-refractivity contribution in [3.05, 3.63) is 34.9 Å². The standard InChI is InChI=1S/C8H9ClO2/c9-7-4-2-1-3-6(7)8(11)5-10/h1-4,8,10-11H,5H2/t8-/m1/s1. The Morgan fingerprint density at radius 3 is 2.55 bits per heavy atom. The van der Waals surface area contributed by atoms with Crippen LogP contribution >= 0.6 is 11.6 Å². The van der Waals surface area contributed by atoms with Crippen molar-refractivity contribution in [3.8, 4) is 0 Å². The molecule has 0 amide bonds. The number of hydrogen-bond acceptors (Lipinski definition) is 2. The van der Waals surface area contributed by atoms with Gasteiger partial charge in [-0.05, 0) is 6.07 Å². The summed E-state index contributed by atoms with van der Waals surface area (Å²) in [5.41, 5.74) is 0.566. The molecule has 2 N–H and O–H groups in total. The molecule has 0 heterocycles. The Morgan fingerprint density at radius 1 is 1.36 bits per heavy atom. The zero-order valence-electron chi connectivity index (χ0n) is 5.87. The van der Waals surface area contributed by atoms with E-state index in [4.69, 9.17) is 16.7 Å². The number of hydrogen-bond donors (Lipinski definition) is 2.